The summed E-state index contributed by atoms with van der Waals surface area (Å²) in [6, 6.07) is 0. The van der Waals surface area contributed by atoms with Crippen molar-refractivity contribution in [1.29, 1.82) is 0 Å². The summed E-state index contributed by atoms with van der Waals surface area (Å²) < 4.78 is 11.3. The standard InChI is InChI=1S/C13H27N4O7P/c18-12(19)9-15-3-1-14-2-4-16(10-13(20)21)6-8-17(7-5-15)11-25(22,23)24/h14H,1-11H2,(H,18,19)(H,20,21)(H2,22,23,24). The molecule has 0 aromatic heterocycles. The molecule has 12 heteroatoms. The Morgan fingerprint density at radius 2 is 1.20 bits per heavy atom. The third-order valence-electron chi connectivity index (χ3n) is 3.78. The number of rotatable bonds is 6. The average Bonchev–Trinajstić information content (AvgIpc) is 2.44. The van der Waals surface area contributed by atoms with Crippen LogP contribution in [0.3, 0.4) is 0 Å². The number of aliphatic carboxylic acids is 2. The van der Waals surface area contributed by atoms with Gasteiger partial charge in [0.05, 0.1) is 13.1 Å². The van der Waals surface area contributed by atoms with Crippen LogP contribution in [-0.4, -0.2) is 118 Å². The number of carbonyl (C=O) groups is 2. The molecule has 0 aromatic carbocycles. The Balaban J connectivity index is 2.75. The zero-order valence-corrected chi connectivity index (χ0v) is 15.0. The quantitative estimate of drug-likeness (QED) is 0.318. The number of nitrogens with one attached hydrogen (secondary N) is 1. The van der Waals surface area contributed by atoms with E-state index in [2.05, 4.69) is 5.32 Å². The van der Waals surface area contributed by atoms with E-state index in [-0.39, 0.29) is 13.1 Å². The van der Waals surface area contributed by atoms with Crippen LogP contribution >= 0.6 is 7.60 Å². The van der Waals surface area contributed by atoms with Crippen LogP contribution in [0.15, 0.2) is 0 Å². The SMILES string of the molecule is O=C(O)CN1CCNCCN(CC(=O)O)CCN(CP(=O)(O)O)CC1. The van der Waals surface area contributed by atoms with Crippen molar-refractivity contribution < 1.29 is 34.2 Å². The average molecular weight is 382 g/mol. The van der Waals surface area contributed by atoms with Crippen LogP contribution in [0, 0.1) is 0 Å². The molecule has 1 rings (SSSR count). The molecule has 1 aliphatic heterocycles. The molecule has 0 amide bonds. The summed E-state index contributed by atoms with van der Waals surface area (Å²) in [4.78, 5) is 45.3. The van der Waals surface area contributed by atoms with Gasteiger partial charge in [-0.25, -0.2) is 0 Å². The first-order valence-corrected chi connectivity index (χ1v) is 9.81. The maximum atomic E-state index is 11.3. The molecule has 5 N–H and O–H groups in total. The normalized spacial score (nSPS) is 20.6. The predicted octanol–water partition coefficient (Wildman–Crippen LogP) is -2.20. The number of carboxylic acids is 2. The minimum absolute atomic E-state index is 0.142. The van der Waals surface area contributed by atoms with Gasteiger partial charge in [-0.15, -0.1) is 0 Å². The first kappa shape index (κ1) is 22.0. The highest BCUT2D eigenvalue weighted by molar-refractivity contribution is 7.51. The van der Waals surface area contributed by atoms with Crippen molar-refractivity contribution >= 4 is 19.5 Å². The minimum atomic E-state index is -4.26. The Morgan fingerprint density at radius 3 is 1.56 bits per heavy atom. The molecule has 1 heterocycles. The molecule has 25 heavy (non-hydrogen) atoms. The van der Waals surface area contributed by atoms with E-state index in [1.165, 1.54) is 0 Å². The third kappa shape index (κ3) is 11.2. The van der Waals surface area contributed by atoms with Gasteiger partial charge in [-0.1, -0.05) is 0 Å². The van der Waals surface area contributed by atoms with Crippen molar-refractivity contribution in [1.82, 2.24) is 20.0 Å². The molecule has 1 saturated heterocycles. The van der Waals surface area contributed by atoms with E-state index >= 15 is 0 Å². The molecular weight excluding hydrogens is 355 g/mol. The van der Waals surface area contributed by atoms with E-state index in [9.17, 15) is 23.9 Å². The number of carboxylic acid groups (broad SMARTS) is 2. The van der Waals surface area contributed by atoms with E-state index in [0.29, 0.717) is 52.4 Å². The van der Waals surface area contributed by atoms with Gasteiger partial charge in [-0.2, -0.15) is 0 Å². The molecule has 0 aliphatic carbocycles. The Labute approximate surface area is 146 Å². The van der Waals surface area contributed by atoms with Gasteiger partial charge >= 0.3 is 19.5 Å². The fourth-order valence-corrected chi connectivity index (χ4v) is 3.41. The lowest BCUT2D eigenvalue weighted by Gasteiger charge is -2.30. The molecule has 0 unspecified atom stereocenters. The fraction of sp³-hybridized carbons (Fsp3) is 0.846. The van der Waals surface area contributed by atoms with Gasteiger partial charge in [0.2, 0.25) is 0 Å². The van der Waals surface area contributed by atoms with Crippen molar-refractivity contribution in [2.24, 2.45) is 0 Å². The van der Waals surface area contributed by atoms with Crippen LogP contribution in [0.1, 0.15) is 0 Å². The van der Waals surface area contributed by atoms with Gasteiger partial charge in [0.1, 0.15) is 6.29 Å². The molecule has 0 atom stereocenters. The van der Waals surface area contributed by atoms with Crippen molar-refractivity contribution in [2.75, 3.05) is 71.7 Å². The molecule has 146 valence electrons. The van der Waals surface area contributed by atoms with Crippen molar-refractivity contribution in [3.63, 3.8) is 0 Å². The van der Waals surface area contributed by atoms with Gasteiger partial charge in [0.25, 0.3) is 0 Å². The number of nitrogens with zero attached hydrogens (tertiary/aromatic N) is 3. The maximum absolute atomic E-state index is 11.3. The van der Waals surface area contributed by atoms with Crippen molar-refractivity contribution in [3.05, 3.63) is 0 Å². The Hall–Kier alpha value is -1.07. The maximum Gasteiger partial charge on any atom is 0.339 e. The van der Waals surface area contributed by atoms with E-state index in [1.54, 1.807) is 14.7 Å². The zero-order valence-electron chi connectivity index (χ0n) is 14.1. The van der Waals surface area contributed by atoms with E-state index in [1.807, 2.05) is 0 Å². The summed E-state index contributed by atoms with van der Waals surface area (Å²) >= 11 is 0. The van der Waals surface area contributed by atoms with Gasteiger partial charge in [0, 0.05) is 52.4 Å². The second-order valence-electron chi connectivity index (χ2n) is 6.01. The smallest absolute Gasteiger partial charge is 0.339 e. The summed E-state index contributed by atoms with van der Waals surface area (Å²) in [5.41, 5.74) is 0. The van der Waals surface area contributed by atoms with E-state index in [0.717, 1.165) is 0 Å². The highest BCUT2D eigenvalue weighted by Crippen LogP contribution is 2.34. The van der Waals surface area contributed by atoms with Crippen LogP contribution < -0.4 is 5.32 Å². The molecule has 0 bridgehead atoms. The molecular formula is C13H27N4O7P. The highest BCUT2D eigenvalue weighted by atomic mass is 31.2. The van der Waals surface area contributed by atoms with Gasteiger partial charge in [-0.05, 0) is 0 Å². The first-order chi connectivity index (χ1) is 11.7. The lowest BCUT2D eigenvalue weighted by atomic mass is 10.3. The summed E-state index contributed by atoms with van der Waals surface area (Å²) in [5, 5.41) is 21.1. The lowest BCUT2D eigenvalue weighted by Crippen LogP contribution is -2.46. The summed E-state index contributed by atoms with van der Waals surface area (Å²) in [5.74, 6) is -1.91. The van der Waals surface area contributed by atoms with Crippen molar-refractivity contribution in [2.45, 2.75) is 0 Å². The molecule has 0 radical (unpaired) electrons. The fourth-order valence-electron chi connectivity index (χ4n) is 2.60. The molecule has 0 saturated carbocycles. The van der Waals surface area contributed by atoms with Crippen LogP contribution in [-0.2, 0) is 14.2 Å². The van der Waals surface area contributed by atoms with Crippen LogP contribution in [0.2, 0.25) is 0 Å². The Kier molecular flexibility index (Phi) is 9.51. The van der Waals surface area contributed by atoms with Crippen LogP contribution in [0.25, 0.3) is 0 Å². The molecule has 1 fully saturated rings. The van der Waals surface area contributed by atoms with Gasteiger partial charge in [0.15, 0.2) is 0 Å². The van der Waals surface area contributed by atoms with Crippen LogP contribution in [0.4, 0.5) is 0 Å². The first-order valence-electron chi connectivity index (χ1n) is 8.01. The third-order valence-corrected chi connectivity index (χ3v) is 4.54. The molecule has 0 aromatic rings. The molecule has 11 nitrogen and oxygen atoms in total. The molecule has 0 spiro atoms. The summed E-state index contributed by atoms with van der Waals surface area (Å²) in [7, 11) is -4.26. The predicted molar refractivity (Wildman–Crippen MR) is 89.5 cm³/mol. The topological polar surface area (TPSA) is 154 Å². The number of hydrogen-bond acceptors (Lipinski definition) is 7. The highest BCUT2D eigenvalue weighted by Gasteiger charge is 2.22. The van der Waals surface area contributed by atoms with Gasteiger partial charge < -0.3 is 25.3 Å². The second kappa shape index (κ2) is 10.8. The van der Waals surface area contributed by atoms with Crippen LogP contribution in [0.5, 0.6) is 0 Å². The second-order valence-corrected chi connectivity index (χ2v) is 7.63. The monoisotopic (exact) mass is 382 g/mol. The van der Waals surface area contributed by atoms with Crippen molar-refractivity contribution in [3.8, 4) is 0 Å². The Bertz CT molecular complexity index is 457. The number of hydrogen-bond donors (Lipinski definition) is 5. The summed E-state index contributed by atoms with van der Waals surface area (Å²) in [6.45, 7) is 3.06. The lowest BCUT2D eigenvalue weighted by molar-refractivity contribution is -0.139. The summed E-state index contributed by atoms with van der Waals surface area (Å²) in [6.07, 6.45) is -0.437. The Morgan fingerprint density at radius 1 is 0.800 bits per heavy atom. The van der Waals surface area contributed by atoms with E-state index in [4.69, 9.17) is 10.2 Å². The largest absolute Gasteiger partial charge is 0.480 e. The minimum Gasteiger partial charge on any atom is -0.480 e. The van der Waals surface area contributed by atoms with Gasteiger partial charge in [-0.3, -0.25) is 28.9 Å². The molecule has 1 aliphatic rings. The van der Waals surface area contributed by atoms with E-state index < -0.39 is 25.8 Å². The zero-order chi connectivity index (χ0) is 18.9.